The van der Waals surface area contributed by atoms with Crippen molar-refractivity contribution >= 4 is 5.91 Å². The molecule has 2 aromatic rings. The first kappa shape index (κ1) is 16.3. The van der Waals surface area contributed by atoms with Crippen LogP contribution < -0.4 is 5.32 Å². The van der Waals surface area contributed by atoms with Crippen LogP contribution in [-0.2, 0) is 24.1 Å². The molecule has 1 amide bonds. The number of carbonyl (C=O) groups excluding carboxylic acids is 1. The van der Waals surface area contributed by atoms with E-state index in [1.54, 1.807) is 4.90 Å². The van der Waals surface area contributed by atoms with Gasteiger partial charge in [0.1, 0.15) is 6.23 Å². The summed E-state index contributed by atoms with van der Waals surface area (Å²) in [6.07, 6.45) is 1.48. The summed E-state index contributed by atoms with van der Waals surface area (Å²) in [7, 11) is 0. The first-order valence-corrected chi connectivity index (χ1v) is 9.05. The van der Waals surface area contributed by atoms with Crippen LogP contribution in [0.4, 0.5) is 0 Å². The molecule has 0 aromatic heterocycles. The third kappa shape index (κ3) is 2.96. The highest BCUT2D eigenvalue weighted by Gasteiger charge is 2.37. The Morgan fingerprint density at radius 1 is 1.08 bits per heavy atom. The number of rotatable bonds is 4. The van der Waals surface area contributed by atoms with E-state index in [1.165, 1.54) is 11.1 Å². The summed E-state index contributed by atoms with van der Waals surface area (Å²) >= 11 is 0. The van der Waals surface area contributed by atoms with Gasteiger partial charge in [0.05, 0.1) is 12.5 Å². The Bertz CT molecular complexity index is 764. The number of likely N-dealkylation sites (N-methyl/N-ethyl adjacent to an activating group) is 1. The molecule has 4 heteroatoms. The van der Waals surface area contributed by atoms with Crippen molar-refractivity contribution in [3.63, 3.8) is 0 Å². The number of benzene rings is 2. The lowest BCUT2D eigenvalue weighted by molar-refractivity contribution is -0.137. The van der Waals surface area contributed by atoms with E-state index in [4.69, 9.17) is 0 Å². The van der Waals surface area contributed by atoms with E-state index in [0.717, 1.165) is 24.0 Å². The molecule has 2 atom stereocenters. The fourth-order valence-corrected chi connectivity index (χ4v) is 4.29. The van der Waals surface area contributed by atoms with E-state index in [1.807, 2.05) is 31.2 Å². The fraction of sp³-hybridized carbons (Fsp3) is 0.381. The summed E-state index contributed by atoms with van der Waals surface area (Å²) in [5.74, 6) is 0.0850. The normalized spacial score (nSPS) is 21.1. The van der Waals surface area contributed by atoms with Gasteiger partial charge in [0.2, 0.25) is 5.91 Å². The SMILES string of the molecule is CCN1C(=O)Cc2ccccc2C1C(O)NC1Cc2ccccc2C1. The number of aliphatic hydroxyl groups is 1. The minimum Gasteiger partial charge on any atom is -0.376 e. The maximum atomic E-state index is 12.5. The van der Waals surface area contributed by atoms with Crippen LogP contribution >= 0.6 is 0 Å². The predicted octanol–water partition coefficient (Wildman–Crippen LogP) is 2.21. The summed E-state index contributed by atoms with van der Waals surface area (Å²) < 4.78 is 0. The number of fused-ring (bicyclic) bond motifs is 2. The highest BCUT2D eigenvalue weighted by molar-refractivity contribution is 5.81. The van der Waals surface area contributed by atoms with Crippen LogP contribution in [0.3, 0.4) is 0 Å². The van der Waals surface area contributed by atoms with Gasteiger partial charge in [-0.1, -0.05) is 48.5 Å². The van der Waals surface area contributed by atoms with Crippen LogP contribution in [0.25, 0.3) is 0 Å². The van der Waals surface area contributed by atoms with Gasteiger partial charge in [0.15, 0.2) is 0 Å². The van der Waals surface area contributed by atoms with E-state index in [9.17, 15) is 9.90 Å². The minimum atomic E-state index is -0.773. The molecule has 2 unspecified atom stereocenters. The zero-order valence-electron chi connectivity index (χ0n) is 14.5. The lowest BCUT2D eigenvalue weighted by atomic mass is 9.90. The lowest BCUT2D eigenvalue weighted by Crippen LogP contribution is -2.52. The Morgan fingerprint density at radius 2 is 1.68 bits per heavy atom. The number of carbonyl (C=O) groups is 1. The van der Waals surface area contributed by atoms with Crippen molar-refractivity contribution in [1.29, 1.82) is 0 Å². The van der Waals surface area contributed by atoms with Crippen molar-refractivity contribution in [3.05, 3.63) is 70.8 Å². The molecule has 0 saturated heterocycles. The van der Waals surface area contributed by atoms with E-state index < -0.39 is 6.23 Å². The van der Waals surface area contributed by atoms with Crippen LogP contribution in [0.1, 0.15) is 35.2 Å². The van der Waals surface area contributed by atoms with Crippen molar-refractivity contribution in [2.24, 2.45) is 0 Å². The highest BCUT2D eigenvalue weighted by atomic mass is 16.3. The Balaban J connectivity index is 1.56. The van der Waals surface area contributed by atoms with Crippen molar-refractivity contribution in [2.75, 3.05) is 6.54 Å². The predicted molar refractivity (Wildman–Crippen MR) is 97.1 cm³/mol. The molecule has 1 aliphatic carbocycles. The third-order valence-electron chi connectivity index (χ3n) is 5.47. The van der Waals surface area contributed by atoms with E-state index in [2.05, 4.69) is 29.6 Å². The van der Waals surface area contributed by atoms with Gasteiger partial charge in [-0.2, -0.15) is 0 Å². The van der Waals surface area contributed by atoms with Gasteiger partial charge in [0, 0.05) is 12.6 Å². The molecule has 1 heterocycles. The van der Waals surface area contributed by atoms with Gasteiger partial charge < -0.3 is 10.0 Å². The largest absolute Gasteiger partial charge is 0.376 e. The van der Waals surface area contributed by atoms with E-state index in [-0.39, 0.29) is 18.0 Å². The number of hydrogen-bond donors (Lipinski definition) is 2. The van der Waals surface area contributed by atoms with Crippen LogP contribution in [0.5, 0.6) is 0 Å². The number of nitrogens with zero attached hydrogens (tertiary/aromatic N) is 1. The zero-order chi connectivity index (χ0) is 17.4. The first-order chi connectivity index (χ1) is 12.2. The Hall–Kier alpha value is -2.17. The summed E-state index contributed by atoms with van der Waals surface area (Å²) in [6, 6.07) is 16.3. The van der Waals surface area contributed by atoms with Gasteiger partial charge >= 0.3 is 0 Å². The second-order valence-electron chi connectivity index (χ2n) is 6.99. The monoisotopic (exact) mass is 336 g/mol. The lowest BCUT2D eigenvalue weighted by Gasteiger charge is -2.40. The average molecular weight is 336 g/mol. The number of aliphatic hydroxyl groups excluding tert-OH is 1. The minimum absolute atomic E-state index is 0.0850. The molecule has 0 spiro atoms. The number of hydrogen-bond acceptors (Lipinski definition) is 3. The molecule has 4 rings (SSSR count). The molecule has 2 aliphatic rings. The van der Waals surface area contributed by atoms with Gasteiger partial charge in [-0.15, -0.1) is 0 Å². The molecule has 0 fully saturated rings. The topological polar surface area (TPSA) is 52.6 Å². The average Bonchev–Trinajstić information content (AvgIpc) is 3.02. The summed E-state index contributed by atoms with van der Waals surface area (Å²) in [5.41, 5.74) is 4.77. The first-order valence-electron chi connectivity index (χ1n) is 9.05. The second-order valence-corrected chi connectivity index (χ2v) is 6.99. The van der Waals surface area contributed by atoms with E-state index >= 15 is 0 Å². The van der Waals surface area contributed by atoms with Crippen molar-refractivity contribution in [1.82, 2.24) is 10.2 Å². The van der Waals surface area contributed by atoms with Crippen molar-refractivity contribution < 1.29 is 9.90 Å². The van der Waals surface area contributed by atoms with E-state index in [0.29, 0.717) is 13.0 Å². The van der Waals surface area contributed by atoms with Crippen LogP contribution in [0, 0.1) is 0 Å². The maximum Gasteiger partial charge on any atom is 0.227 e. The summed E-state index contributed by atoms with van der Waals surface area (Å²) in [6.45, 7) is 2.57. The standard InChI is InChI=1S/C21H24N2O2/c1-2-23-19(24)13-16-9-5-6-10-18(16)20(23)21(25)22-17-11-14-7-3-4-8-15(14)12-17/h3-10,17,20-22,25H,2,11-13H2,1H3. The van der Waals surface area contributed by atoms with Crippen LogP contribution in [0.15, 0.2) is 48.5 Å². The van der Waals surface area contributed by atoms with Gasteiger partial charge in [-0.3, -0.25) is 10.1 Å². The van der Waals surface area contributed by atoms with Gasteiger partial charge in [-0.25, -0.2) is 0 Å². The van der Waals surface area contributed by atoms with Crippen LogP contribution in [0.2, 0.25) is 0 Å². The quantitative estimate of drug-likeness (QED) is 0.842. The fourth-order valence-electron chi connectivity index (χ4n) is 4.29. The molecule has 4 nitrogen and oxygen atoms in total. The molecule has 25 heavy (non-hydrogen) atoms. The second kappa shape index (κ2) is 6.62. The highest BCUT2D eigenvalue weighted by Crippen LogP contribution is 2.33. The molecule has 2 N–H and O–H groups in total. The molecule has 0 saturated carbocycles. The third-order valence-corrected chi connectivity index (χ3v) is 5.47. The van der Waals surface area contributed by atoms with Crippen molar-refractivity contribution in [2.45, 2.75) is 44.5 Å². The number of amides is 1. The maximum absolute atomic E-state index is 12.5. The van der Waals surface area contributed by atoms with Crippen LogP contribution in [-0.4, -0.2) is 34.7 Å². The molecular weight excluding hydrogens is 312 g/mol. The molecular formula is C21H24N2O2. The molecule has 2 aromatic carbocycles. The molecule has 0 radical (unpaired) electrons. The van der Waals surface area contributed by atoms with Gasteiger partial charge in [-0.05, 0) is 42.0 Å². The van der Waals surface area contributed by atoms with Crippen molar-refractivity contribution in [3.8, 4) is 0 Å². The zero-order valence-corrected chi connectivity index (χ0v) is 14.5. The Morgan fingerprint density at radius 3 is 2.32 bits per heavy atom. The number of nitrogens with one attached hydrogen (secondary N) is 1. The molecule has 0 bridgehead atoms. The Labute approximate surface area is 148 Å². The smallest absolute Gasteiger partial charge is 0.227 e. The molecule has 130 valence electrons. The Kier molecular flexibility index (Phi) is 4.32. The molecule has 1 aliphatic heterocycles. The summed E-state index contributed by atoms with van der Waals surface area (Å²) in [4.78, 5) is 14.3. The van der Waals surface area contributed by atoms with Gasteiger partial charge in [0.25, 0.3) is 0 Å². The summed E-state index contributed by atoms with van der Waals surface area (Å²) in [5, 5.41) is 14.4.